The van der Waals surface area contributed by atoms with Gasteiger partial charge in [-0.15, -0.1) is 0 Å². The van der Waals surface area contributed by atoms with Gasteiger partial charge >= 0.3 is 0 Å². The van der Waals surface area contributed by atoms with Crippen LogP contribution < -0.4 is 0 Å². The van der Waals surface area contributed by atoms with Gasteiger partial charge in [0.1, 0.15) is 11.5 Å². The van der Waals surface area contributed by atoms with Crippen molar-refractivity contribution < 1.29 is 34.4 Å². The minimum absolute atomic E-state index is 0.0157. The van der Waals surface area contributed by atoms with Gasteiger partial charge < -0.3 is 24.8 Å². The molecule has 10 heteroatoms. The zero-order chi connectivity index (χ0) is 22.3. The Morgan fingerprint density at radius 3 is 2.65 bits per heavy atom. The van der Waals surface area contributed by atoms with Gasteiger partial charge in [0.2, 0.25) is 5.78 Å². The number of rotatable bonds is 4. The van der Waals surface area contributed by atoms with Crippen molar-refractivity contribution in [1.29, 1.82) is 0 Å². The number of phenols is 2. The maximum atomic E-state index is 12.9. The van der Waals surface area contributed by atoms with Gasteiger partial charge in [0.25, 0.3) is 0 Å². The van der Waals surface area contributed by atoms with Gasteiger partial charge in [0.05, 0.1) is 36.0 Å². The number of fused-ring (bicyclic) bond motifs is 2. The number of aromatic hydroxyl groups is 2. The van der Waals surface area contributed by atoms with Crippen LogP contribution in [0.4, 0.5) is 0 Å². The molecular formula is C21H19N3O7. The Bertz CT molecular complexity index is 1130. The van der Waals surface area contributed by atoms with Crippen LogP contribution in [0, 0.1) is 0 Å². The van der Waals surface area contributed by atoms with Crippen molar-refractivity contribution >= 4 is 11.6 Å². The van der Waals surface area contributed by atoms with E-state index in [1.807, 2.05) is 0 Å². The van der Waals surface area contributed by atoms with Gasteiger partial charge in [-0.2, -0.15) is 0 Å². The third-order valence-corrected chi connectivity index (χ3v) is 5.47. The molecule has 4 rings (SSSR count). The number of hydrogen-bond acceptors (Lipinski definition) is 8. The van der Waals surface area contributed by atoms with Crippen LogP contribution in [0.1, 0.15) is 50.8 Å². The molecule has 1 heterocycles. The zero-order valence-electron chi connectivity index (χ0n) is 16.4. The minimum atomic E-state index is -0.955. The lowest BCUT2D eigenvalue weighted by molar-refractivity contribution is -0.226. The second kappa shape index (κ2) is 8.01. The fourth-order valence-electron chi connectivity index (χ4n) is 3.93. The molecule has 31 heavy (non-hydrogen) atoms. The standard InChI is InChI=1S/C21H19N3O7/c1-9-19(27)13(23-24-22)7-16(31-9)30-8-10-5-12-18(15(26)6-10)21(29)17-11(20(12)28)3-2-4-14(17)25/h2-6,9,13,16,19,25-27H,7-8H2,1H3/t9?,13-,16-,19-/m0/s1. The summed E-state index contributed by atoms with van der Waals surface area (Å²) < 4.78 is 11.3. The Kier molecular flexibility index (Phi) is 5.38. The smallest absolute Gasteiger partial charge is 0.201 e. The molecule has 0 bridgehead atoms. The first-order chi connectivity index (χ1) is 14.8. The van der Waals surface area contributed by atoms with Crippen LogP contribution in [0.25, 0.3) is 10.4 Å². The fourth-order valence-corrected chi connectivity index (χ4v) is 3.93. The second-order valence-corrected chi connectivity index (χ2v) is 7.48. The van der Waals surface area contributed by atoms with Crippen molar-refractivity contribution in [3.8, 4) is 11.5 Å². The molecule has 0 saturated carbocycles. The molecule has 1 aliphatic carbocycles. The molecule has 1 fully saturated rings. The number of benzene rings is 2. The largest absolute Gasteiger partial charge is 0.507 e. The SMILES string of the molecule is CC1O[C@H](OCc2cc(O)c3c(c2)C(=O)c2cccc(O)c2C3=O)C[C@H](N=[N+]=[N-])[C@H]1O. The van der Waals surface area contributed by atoms with E-state index < -0.39 is 41.9 Å². The third-order valence-electron chi connectivity index (χ3n) is 5.47. The number of hydrogen-bond donors (Lipinski definition) is 3. The second-order valence-electron chi connectivity index (χ2n) is 7.48. The number of azide groups is 1. The van der Waals surface area contributed by atoms with Crippen LogP contribution in [0.5, 0.6) is 11.5 Å². The number of ether oxygens (including phenoxy) is 2. The van der Waals surface area contributed by atoms with E-state index >= 15 is 0 Å². The first kappa shape index (κ1) is 20.8. The lowest BCUT2D eigenvalue weighted by atomic mass is 9.82. The Hall–Kier alpha value is -3.43. The molecule has 2 aromatic rings. The highest BCUT2D eigenvalue weighted by atomic mass is 16.7. The summed E-state index contributed by atoms with van der Waals surface area (Å²) in [5, 5.41) is 34.0. The molecule has 0 amide bonds. The van der Waals surface area contributed by atoms with Crippen molar-refractivity contribution in [1.82, 2.24) is 0 Å². The van der Waals surface area contributed by atoms with E-state index in [1.165, 1.54) is 30.3 Å². The molecule has 1 unspecified atom stereocenters. The first-order valence-electron chi connectivity index (χ1n) is 9.58. The summed E-state index contributed by atoms with van der Waals surface area (Å²) >= 11 is 0. The number of nitrogens with zero attached hydrogens (tertiary/aromatic N) is 3. The van der Waals surface area contributed by atoms with Crippen molar-refractivity contribution in [2.24, 2.45) is 5.11 Å². The van der Waals surface area contributed by atoms with Crippen molar-refractivity contribution in [2.75, 3.05) is 0 Å². The molecule has 0 radical (unpaired) electrons. The zero-order valence-corrected chi connectivity index (χ0v) is 16.4. The highest BCUT2D eigenvalue weighted by Gasteiger charge is 2.36. The number of aliphatic hydroxyl groups is 1. The average molecular weight is 425 g/mol. The van der Waals surface area contributed by atoms with Crippen molar-refractivity contribution in [2.45, 2.75) is 44.5 Å². The lowest BCUT2D eigenvalue weighted by Gasteiger charge is -2.35. The van der Waals surface area contributed by atoms with E-state index in [1.54, 1.807) is 6.92 Å². The predicted molar refractivity (Wildman–Crippen MR) is 106 cm³/mol. The van der Waals surface area contributed by atoms with E-state index in [0.29, 0.717) is 5.56 Å². The van der Waals surface area contributed by atoms with Crippen LogP contribution in [0.15, 0.2) is 35.4 Å². The summed E-state index contributed by atoms with van der Waals surface area (Å²) in [6.45, 7) is 1.56. The van der Waals surface area contributed by atoms with E-state index in [9.17, 15) is 24.9 Å². The maximum absolute atomic E-state index is 12.9. The fraction of sp³-hybridized carbons (Fsp3) is 0.333. The van der Waals surface area contributed by atoms with Gasteiger partial charge in [0, 0.05) is 22.5 Å². The molecule has 0 aromatic heterocycles. The summed E-state index contributed by atoms with van der Waals surface area (Å²) in [6, 6.07) is 6.26. The third kappa shape index (κ3) is 3.62. The number of ketones is 2. The summed E-state index contributed by atoms with van der Waals surface area (Å²) in [6.07, 6.45) is -2.21. The lowest BCUT2D eigenvalue weighted by Crippen LogP contribution is -2.46. The predicted octanol–water partition coefficient (Wildman–Crippen LogP) is 2.56. The molecule has 2 aliphatic rings. The topological polar surface area (TPSA) is 162 Å². The molecule has 10 nitrogen and oxygen atoms in total. The summed E-state index contributed by atoms with van der Waals surface area (Å²) in [4.78, 5) is 28.4. The van der Waals surface area contributed by atoms with E-state index in [2.05, 4.69) is 10.0 Å². The molecule has 160 valence electrons. The monoisotopic (exact) mass is 425 g/mol. The van der Waals surface area contributed by atoms with Gasteiger partial charge in [-0.25, -0.2) is 0 Å². The van der Waals surface area contributed by atoms with Gasteiger partial charge in [-0.1, -0.05) is 17.2 Å². The van der Waals surface area contributed by atoms with E-state index in [-0.39, 0.29) is 41.0 Å². The molecule has 4 atom stereocenters. The molecular weight excluding hydrogens is 406 g/mol. The van der Waals surface area contributed by atoms with Gasteiger partial charge in [-0.3, -0.25) is 9.59 Å². The first-order valence-corrected chi connectivity index (χ1v) is 9.58. The molecule has 1 aliphatic heterocycles. The Morgan fingerprint density at radius 2 is 1.90 bits per heavy atom. The quantitative estimate of drug-likeness (QED) is 0.329. The Morgan fingerprint density at radius 1 is 1.16 bits per heavy atom. The molecule has 3 N–H and O–H groups in total. The number of aliphatic hydroxyl groups excluding tert-OH is 1. The van der Waals surface area contributed by atoms with Crippen molar-refractivity contribution in [3.05, 3.63) is 68.6 Å². The minimum Gasteiger partial charge on any atom is -0.507 e. The summed E-state index contributed by atoms with van der Waals surface area (Å²) in [5.74, 6) is -1.85. The molecule has 1 saturated heterocycles. The number of carbonyl (C=O) groups excluding carboxylic acids is 2. The normalized spacial score (nSPS) is 24.8. The Labute approximate surface area is 176 Å². The molecule has 0 spiro atoms. The average Bonchev–Trinajstić information content (AvgIpc) is 2.73. The number of carbonyl (C=O) groups is 2. The highest BCUT2D eigenvalue weighted by Crippen LogP contribution is 2.37. The highest BCUT2D eigenvalue weighted by molar-refractivity contribution is 6.30. The Balaban J connectivity index is 1.58. The van der Waals surface area contributed by atoms with E-state index in [4.69, 9.17) is 15.0 Å². The van der Waals surface area contributed by atoms with Gasteiger partial charge in [-0.05, 0) is 36.2 Å². The van der Waals surface area contributed by atoms with Crippen LogP contribution in [0.3, 0.4) is 0 Å². The van der Waals surface area contributed by atoms with Crippen molar-refractivity contribution in [3.63, 3.8) is 0 Å². The van der Waals surface area contributed by atoms with Crippen LogP contribution >= 0.6 is 0 Å². The summed E-state index contributed by atoms with van der Waals surface area (Å²) in [7, 11) is 0. The number of phenolic OH excluding ortho intramolecular Hbond substituents is 2. The van der Waals surface area contributed by atoms with Crippen LogP contribution in [-0.2, 0) is 16.1 Å². The maximum Gasteiger partial charge on any atom is 0.201 e. The van der Waals surface area contributed by atoms with E-state index in [0.717, 1.165) is 0 Å². The van der Waals surface area contributed by atoms with Crippen LogP contribution in [0.2, 0.25) is 0 Å². The van der Waals surface area contributed by atoms with Gasteiger partial charge in [0.15, 0.2) is 12.1 Å². The molecule has 2 aromatic carbocycles. The summed E-state index contributed by atoms with van der Waals surface area (Å²) in [5.41, 5.74) is 8.85. The van der Waals surface area contributed by atoms with Crippen LogP contribution in [-0.4, -0.2) is 51.4 Å².